The van der Waals surface area contributed by atoms with E-state index in [1.54, 1.807) is 56.3 Å². The lowest BCUT2D eigenvalue weighted by Gasteiger charge is -2.32. The number of guanidine groups is 1. The van der Waals surface area contributed by atoms with Gasteiger partial charge in [-0.05, 0) is 98.9 Å². The highest BCUT2D eigenvalue weighted by Gasteiger charge is 2.41. The summed E-state index contributed by atoms with van der Waals surface area (Å²) in [6.07, 6.45) is 2.76. The second kappa shape index (κ2) is 31.0. The summed E-state index contributed by atoms with van der Waals surface area (Å²) in [7, 11) is 0. The Hall–Kier alpha value is -6.81. The molecule has 1 aliphatic rings. The van der Waals surface area contributed by atoms with E-state index in [4.69, 9.17) is 22.9 Å². The Balaban J connectivity index is 1.86. The van der Waals surface area contributed by atoms with Gasteiger partial charge in [0, 0.05) is 25.9 Å². The maximum Gasteiger partial charge on any atom is 0.326 e. The fraction of sp³-hybridized carbons (Fsp3) is 0.596. The molecule has 0 spiro atoms. The molecule has 0 saturated carbocycles. The molecule has 0 bridgehead atoms. The van der Waals surface area contributed by atoms with Crippen molar-refractivity contribution >= 4 is 53.3 Å². The van der Waals surface area contributed by atoms with Gasteiger partial charge in [-0.2, -0.15) is 0 Å². The first kappa shape index (κ1) is 61.5. The van der Waals surface area contributed by atoms with E-state index in [1.807, 2.05) is 27.7 Å². The molecule has 22 heteroatoms. The van der Waals surface area contributed by atoms with Gasteiger partial charge in [-0.1, -0.05) is 90.4 Å². The molecule has 0 radical (unpaired) electrons. The van der Waals surface area contributed by atoms with Crippen LogP contribution in [0.4, 0.5) is 0 Å². The molecular formula is C52H82N12O10. The predicted molar refractivity (Wildman–Crippen MR) is 280 cm³/mol. The third-order valence-corrected chi connectivity index (χ3v) is 12.5. The van der Waals surface area contributed by atoms with Gasteiger partial charge in [0.05, 0.1) is 6.04 Å². The van der Waals surface area contributed by atoms with Crippen molar-refractivity contribution in [2.75, 3.05) is 19.6 Å². The van der Waals surface area contributed by atoms with Crippen LogP contribution in [0.25, 0.3) is 0 Å². The van der Waals surface area contributed by atoms with Crippen molar-refractivity contribution in [3.8, 4) is 5.75 Å². The Morgan fingerprint density at radius 1 is 0.649 bits per heavy atom. The van der Waals surface area contributed by atoms with Crippen molar-refractivity contribution in [1.29, 1.82) is 0 Å². The van der Waals surface area contributed by atoms with E-state index in [0.717, 1.165) is 0 Å². The second-order valence-corrected chi connectivity index (χ2v) is 20.2. The highest BCUT2D eigenvalue weighted by Crippen LogP contribution is 2.22. The highest BCUT2D eigenvalue weighted by atomic mass is 16.4. The summed E-state index contributed by atoms with van der Waals surface area (Å²) < 4.78 is 0. The van der Waals surface area contributed by atoms with Gasteiger partial charge in [0.25, 0.3) is 0 Å². The number of carboxylic acids is 1. The number of nitrogens with two attached hydrogens (primary N) is 4. The fourth-order valence-electron chi connectivity index (χ4n) is 8.58. The van der Waals surface area contributed by atoms with Crippen molar-refractivity contribution < 1.29 is 48.6 Å². The summed E-state index contributed by atoms with van der Waals surface area (Å²) in [4.78, 5) is 116. The molecule has 1 heterocycles. The molecule has 1 saturated heterocycles. The molecule has 7 amide bonds. The van der Waals surface area contributed by atoms with E-state index in [1.165, 1.54) is 17.0 Å². The van der Waals surface area contributed by atoms with Crippen LogP contribution in [0.5, 0.6) is 5.75 Å². The summed E-state index contributed by atoms with van der Waals surface area (Å²) in [5, 5.41) is 36.3. The van der Waals surface area contributed by atoms with Crippen molar-refractivity contribution in [1.82, 2.24) is 36.8 Å². The number of aliphatic carboxylic acids is 1. The monoisotopic (exact) mass is 1030 g/mol. The van der Waals surface area contributed by atoms with Crippen LogP contribution in [0.1, 0.15) is 110 Å². The minimum atomic E-state index is -1.27. The van der Waals surface area contributed by atoms with Gasteiger partial charge in [0.1, 0.15) is 48.0 Å². The lowest BCUT2D eigenvalue weighted by molar-refractivity contribution is -0.144. The topological polar surface area (TPSA) is 369 Å². The second-order valence-electron chi connectivity index (χ2n) is 20.2. The molecule has 410 valence electrons. The van der Waals surface area contributed by atoms with Crippen LogP contribution < -0.4 is 54.8 Å². The van der Waals surface area contributed by atoms with Gasteiger partial charge >= 0.3 is 5.97 Å². The maximum absolute atomic E-state index is 14.5. The van der Waals surface area contributed by atoms with Crippen molar-refractivity contribution in [3.05, 3.63) is 65.7 Å². The molecule has 3 rings (SSSR count). The van der Waals surface area contributed by atoms with Crippen LogP contribution in [0, 0.1) is 17.8 Å². The Labute approximate surface area is 434 Å². The first-order valence-electron chi connectivity index (χ1n) is 25.7. The number of nitrogens with zero attached hydrogens (tertiary/aromatic N) is 2. The van der Waals surface area contributed by atoms with Gasteiger partial charge < -0.3 is 69.9 Å². The number of nitrogens with one attached hydrogen (secondary N) is 6. The summed E-state index contributed by atoms with van der Waals surface area (Å²) in [6.45, 7) is 11.5. The zero-order valence-corrected chi connectivity index (χ0v) is 43.8. The number of carbonyl (C=O) groups is 8. The van der Waals surface area contributed by atoms with Gasteiger partial charge in [0.15, 0.2) is 5.96 Å². The lowest BCUT2D eigenvalue weighted by Crippen LogP contribution is -2.60. The number of aliphatic imine (C=N–C) groups is 1. The number of phenolic OH excluding ortho intramolecular Hbond substituents is 1. The Bertz CT molecular complexity index is 2190. The number of rotatable bonds is 31. The number of hydrogen-bond donors (Lipinski definition) is 12. The number of hydrogen-bond acceptors (Lipinski definition) is 12. The van der Waals surface area contributed by atoms with Crippen molar-refractivity contribution in [2.24, 2.45) is 45.7 Å². The molecule has 2 aromatic rings. The molecule has 8 atom stereocenters. The van der Waals surface area contributed by atoms with Crippen LogP contribution in [0.15, 0.2) is 59.6 Å². The predicted octanol–water partition coefficient (Wildman–Crippen LogP) is 0.420. The van der Waals surface area contributed by atoms with Crippen LogP contribution in [0.3, 0.4) is 0 Å². The SMILES string of the molecule is CC(C)C[C@H](NC(=O)[C@H](CCCN=C(N)N)NC(=O)[C@H](Cc1ccc(O)cc1)NC(=O)[C@@H](N)CCCCN)C(=O)N[C@@H](CC(C)C)C(=O)N1CCC[C@H]1C(=O)N[C@H](C(=O)N[C@@H](Cc1ccccc1)C(=O)O)C(C)C. The number of carbonyl (C=O) groups excluding carboxylic acids is 7. The smallest absolute Gasteiger partial charge is 0.326 e. The van der Waals surface area contributed by atoms with Crippen molar-refractivity contribution in [3.63, 3.8) is 0 Å². The molecule has 2 aromatic carbocycles. The molecule has 0 aliphatic carbocycles. The standard InChI is InChI=1S/C52H82N12O10/c1-30(2)26-38(60-45(67)37(17-12-24-57-52(55)56)58-47(69)39(28-34-19-21-35(65)22-20-34)59-44(66)36(54)16-10-11-23-53)46(68)61-40(27-31(3)4)50(72)64-25-13-18-42(64)48(70)63-43(32(5)6)49(71)62-41(51(73)74)29-33-14-8-7-9-15-33/h7-9,14-15,19-22,30-32,36-43,65H,10-13,16-18,23-29,53-54H2,1-6H3,(H,58,69)(H,59,66)(H,60,67)(H,61,68)(H,62,71)(H,63,70)(H,73,74)(H4,55,56,57)/t36-,37-,38-,39-,40-,41-,42-,43-/m0/s1. The summed E-state index contributed by atoms with van der Waals surface area (Å²) in [6, 6.07) is 5.65. The van der Waals surface area contributed by atoms with E-state index >= 15 is 0 Å². The normalized spacial score (nSPS) is 16.2. The molecule has 0 aromatic heterocycles. The summed E-state index contributed by atoms with van der Waals surface area (Å²) >= 11 is 0. The Morgan fingerprint density at radius 2 is 1.19 bits per heavy atom. The minimum absolute atomic E-state index is 0.00285. The molecular weight excluding hydrogens is 953 g/mol. The van der Waals surface area contributed by atoms with Crippen molar-refractivity contribution in [2.45, 2.75) is 161 Å². The number of carboxylic acid groups (broad SMARTS) is 1. The largest absolute Gasteiger partial charge is 0.508 e. The van der Waals surface area contributed by atoms with E-state index in [2.05, 4.69) is 36.9 Å². The van der Waals surface area contributed by atoms with Gasteiger partial charge in [0.2, 0.25) is 41.4 Å². The third kappa shape index (κ3) is 21.0. The molecule has 1 fully saturated rings. The number of amides is 7. The Morgan fingerprint density at radius 3 is 1.78 bits per heavy atom. The summed E-state index contributed by atoms with van der Waals surface area (Å²) in [5.41, 5.74) is 24.2. The Kier molecular flexibility index (Phi) is 25.8. The van der Waals surface area contributed by atoms with Crippen LogP contribution >= 0.6 is 0 Å². The average molecular weight is 1040 g/mol. The van der Waals surface area contributed by atoms with E-state index in [-0.39, 0.29) is 81.6 Å². The lowest BCUT2D eigenvalue weighted by atomic mass is 9.98. The van der Waals surface area contributed by atoms with Gasteiger partial charge in [-0.3, -0.25) is 38.6 Å². The minimum Gasteiger partial charge on any atom is -0.508 e. The number of benzene rings is 2. The van der Waals surface area contributed by atoms with Crippen LogP contribution in [-0.2, 0) is 51.2 Å². The number of aromatic hydroxyl groups is 1. The van der Waals surface area contributed by atoms with Gasteiger partial charge in [-0.25, -0.2) is 4.79 Å². The molecule has 1 aliphatic heterocycles. The zero-order chi connectivity index (χ0) is 55.1. The zero-order valence-electron chi connectivity index (χ0n) is 43.8. The quantitative estimate of drug-likeness (QED) is 0.0277. The average Bonchev–Trinajstić information content (AvgIpc) is 3.84. The van der Waals surface area contributed by atoms with E-state index in [9.17, 15) is 48.6 Å². The molecule has 22 nitrogen and oxygen atoms in total. The highest BCUT2D eigenvalue weighted by molar-refractivity contribution is 5.98. The number of likely N-dealkylation sites (tertiary alicyclic amines) is 1. The molecule has 16 N–H and O–H groups in total. The number of unbranched alkanes of at least 4 members (excludes halogenated alkanes) is 1. The maximum atomic E-state index is 14.5. The third-order valence-electron chi connectivity index (χ3n) is 12.5. The van der Waals surface area contributed by atoms with Crippen LogP contribution in [-0.4, -0.2) is 136 Å². The molecule has 0 unspecified atom stereocenters. The fourth-order valence-corrected chi connectivity index (χ4v) is 8.58. The van der Waals surface area contributed by atoms with Gasteiger partial charge in [-0.15, -0.1) is 0 Å². The van der Waals surface area contributed by atoms with E-state index < -0.39 is 102 Å². The summed E-state index contributed by atoms with van der Waals surface area (Å²) in [5.74, 6) is -6.74. The van der Waals surface area contributed by atoms with Crippen LogP contribution in [0.2, 0.25) is 0 Å². The first-order valence-corrected chi connectivity index (χ1v) is 25.7. The number of phenols is 1. The molecule has 74 heavy (non-hydrogen) atoms. The first-order chi connectivity index (χ1) is 35.0. The van der Waals surface area contributed by atoms with E-state index in [0.29, 0.717) is 43.4 Å².